The number of nitrogens with zero attached hydrogens (tertiary/aromatic N) is 1. The van der Waals surface area contributed by atoms with Crippen LogP contribution in [-0.4, -0.2) is 24.7 Å². The van der Waals surface area contributed by atoms with Crippen LogP contribution in [0.15, 0.2) is 66.7 Å². The summed E-state index contributed by atoms with van der Waals surface area (Å²) in [5.41, 5.74) is 5.26. The van der Waals surface area contributed by atoms with Crippen LogP contribution in [0.2, 0.25) is 0 Å². The van der Waals surface area contributed by atoms with Gasteiger partial charge in [-0.25, -0.2) is 0 Å². The molecule has 0 radical (unpaired) electrons. The first-order valence-electron chi connectivity index (χ1n) is 10.0. The number of ether oxygens (including phenoxy) is 1. The Morgan fingerprint density at radius 2 is 1.77 bits per heavy atom. The van der Waals surface area contributed by atoms with Crippen molar-refractivity contribution < 1.29 is 14.3 Å². The van der Waals surface area contributed by atoms with E-state index in [1.54, 1.807) is 37.1 Å². The Bertz CT molecular complexity index is 1120. The van der Waals surface area contributed by atoms with Gasteiger partial charge in [-0.15, -0.1) is 11.8 Å². The van der Waals surface area contributed by atoms with E-state index in [4.69, 9.17) is 4.74 Å². The maximum absolute atomic E-state index is 12.8. The average Bonchev–Trinajstić information content (AvgIpc) is 3.14. The number of aryl methyl sites for hydroxylation is 2. The first-order valence-corrected chi connectivity index (χ1v) is 11.1. The molecule has 0 aromatic heterocycles. The van der Waals surface area contributed by atoms with E-state index in [2.05, 4.69) is 11.4 Å². The van der Waals surface area contributed by atoms with E-state index in [0.29, 0.717) is 22.8 Å². The Kier molecular flexibility index (Phi) is 6.00. The second-order valence-corrected chi connectivity index (χ2v) is 8.62. The summed E-state index contributed by atoms with van der Waals surface area (Å²) in [7, 11) is 1.54. The van der Waals surface area contributed by atoms with Crippen molar-refractivity contribution in [1.29, 1.82) is 0 Å². The summed E-state index contributed by atoms with van der Waals surface area (Å²) in [6, 6.07) is 21.0. The molecule has 3 aromatic rings. The monoisotopic (exact) mass is 432 g/mol. The smallest absolute Gasteiger partial charge is 0.259 e. The SMILES string of the molecule is COc1ccccc1C(=O)Nc1cccc(C2SCC(=O)N2c2cc(C)cc(C)c2)c1. The van der Waals surface area contributed by atoms with Crippen molar-refractivity contribution in [3.05, 3.63) is 89.0 Å². The van der Waals surface area contributed by atoms with Gasteiger partial charge in [0.05, 0.1) is 18.4 Å². The first-order chi connectivity index (χ1) is 15.0. The number of carbonyl (C=O) groups excluding carboxylic acids is 2. The largest absolute Gasteiger partial charge is 0.496 e. The molecule has 6 heteroatoms. The van der Waals surface area contributed by atoms with Gasteiger partial charge >= 0.3 is 0 Å². The number of hydrogen-bond donors (Lipinski definition) is 1. The maximum atomic E-state index is 12.8. The minimum atomic E-state index is -0.240. The highest BCUT2D eigenvalue weighted by atomic mass is 32.2. The minimum absolute atomic E-state index is 0.0865. The number of hydrogen-bond acceptors (Lipinski definition) is 4. The lowest BCUT2D eigenvalue weighted by atomic mass is 10.1. The summed E-state index contributed by atoms with van der Waals surface area (Å²) in [4.78, 5) is 27.4. The van der Waals surface area contributed by atoms with Gasteiger partial charge in [-0.3, -0.25) is 14.5 Å². The number of methoxy groups -OCH3 is 1. The van der Waals surface area contributed by atoms with Crippen molar-refractivity contribution in [3.8, 4) is 5.75 Å². The van der Waals surface area contributed by atoms with E-state index in [0.717, 1.165) is 22.4 Å². The molecule has 2 amide bonds. The number of rotatable bonds is 5. The normalized spacial score (nSPS) is 15.8. The van der Waals surface area contributed by atoms with E-state index >= 15 is 0 Å². The summed E-state index contributed by atoms with van der Waals surface area (Å²) in [6.45, 7) is 4.07. The summed E-state index contributed by atoms with van der Waals surface area (Å²) in [5.74, 6) is 0.795. The van der Waals surface area contributed by atoms with Crippen LogP contribution in [0.25, 0.3) is 0 Å². The average molecular weight is 433 g/mol. The molecule has 1 aliphatic rings. The van der Waals surface area contributed by atoms with Gasteiger partial charge in [0.1, 0.15) is 11.1 Å². The Morgan fingerprint density at radius 3 is 2.52 bits per heavy atom. The highest BCUT2D eigenvalue weighted by Gasteiger charge is 2.34. The quantitative estimate of drug-likeness (QED) is 0.591. The van der Waals surface area contributed by atoms with Gasteiger partial charge in [-0.05, 0) is 66.9 Å². The van der Waals surface area contributed by atoms with Crippen LogP contribution >= 0.6 is 11.8 Å². The van der Waals surface area contributed by atoms with Gasteiger partial charge < -0.3 is 10.1 Å². The zero-order valence-electron chi connectivity index (χ0n) is 17.7. The van der Waals surface area contributed by atoms with E-state index < -0.39 is 0 Å². The Labute approximate surface area is 186 Å². The molecule has 1 heterocycles. The molecule has 158 valence electrons. The number of nitrogens with one attached hydrogen (secondary N) is 1. The molecule has 1 atom stereocenters. The topological polar surface area (TPSA) is 58.6 Å². The first kappa shape index (κ1) is 21.0. The second-order valence-electron chi connectivity index (χ2n) is 7.55. The van der Waals surface area contributed by atoms with Crippen LogP contribution in [0.1, 0.15) is 32.4 Å². The third kappa shape index (κ3) is 4.44. The number of benzene rings is 3. The molecule has 31 heavy (non-hydrogen) atoms. The van der Waals surface area contributed by atoms with Gasteiger partial charge in [0.15, 0.2) is 0 Å². The summed E-state index contributed by atoms with van der Waals surface area (Å²) >= 11 is 1.59. The highest BCUT2D eigenvalue weighted by Crippen LogP contribution is 2.42. The minimum Gasteiger partial charge on any atom is -0.496 e. The molecule has 0 saturated carbocycles. The molecule has 1 saturated heterocycles. The van der Waals surface area contributed by atoms with E-state index in [1.807, 2.05) is 61.2 Å². The Hall–Kier alpha value is -3.25. The van der Waals surface area contributed by atoms with Crippen molar-refractivity contribution in [3.63, 3.8) is 0 Å². The second kappa shape index (κ2) is 8.86. The molecule has 1 fully saturated rings. The lowest BCUT2D eigenvalue weighted by molar-refractivity contribution is -0.115. The Morgan fingerprint density at radius 1 is 1.03 bits per heavy atom. The van der Waals surface area contributed by atoms with Gasteiger partial charge in [0.25, 0.3) is 5.91 Å². The Balaban J connectivity index is 1.61. The van der Waals surface area contributed by atoms with E-state index in [-0.39, 0.29) is 17.2 Å². The van der Waals surface area contributed by atoms with Gasteiger partial charge in [0, 0.05) is 11.4 Å². The standard InChI is InChI=1S/C25H24N2O3S/c1-16-11-17(2)13-20(12-16)27-23(28)15-31-25(27)18-7-6-8-19(14-18)26-24(29)21-9-4-5-10-22(21)30-3/h4-14,25H,15H2,1-3H3,(H,26,29). The van der Waals surface area contributed by atoms with Crippen molar-refractivity contribution in [1.82, 2.24) is 0 Å². The lowest BCUT2D eigenvalue weighted by Crippen LogP contribution is -2.28. The number of thioether (sulfide) groups is 1. The summed E-state index contributed by atoms with van der Waals surface area (Å²) < 4.78 is 5.29. The fourth-order valence-electron chi connectivity index (χ4n) is 3.84. The molecule has 1 N–H and O–H groups in total. The molecule has 0 spiro atoms. The number of anilines is 2. The van der Waals surface area contributed by atoms with Crippen LogP contribution in [-0.2, 0) is 4.79 Å². The van der Waals surface area contributed by atoms with Gasteiger partial charge in [0.2, 0.25) is 5.91 Å². The highest BCUT2D eigenvalue weighted by molar-refractivity contribution is 8.00. The van der Waals surface area contributed by atoms with Crippen molar-refractivity contribution >= 4 is 35.0 Å². The fraction of sp³-hybridized carbons (Fsp3) is 0.200. The number of amides is 2. The van der Waals surface area contributed by atoms with E-state index in [1.165, 1.54) is 0 Å². The van der Waals surface area contributed by atoms with Crippen LogP contribution < -0.4 is 15.0 Å². The summed E-state index contributed by atoms with van der Waals surface area (Å²) in [6.07, 6.45) is 0. The third-order valence-electron chi connectivity index (χ3n) is 5.13. The molecule has 1 aliphatic heterocycles. The zero-order chi connectivity index (χ0) is 22.0. The summed E-state index contributed by atoms with van der Waals surface area (Å²) in [5, 5.41) is 2.81. The molecular formula is C25H24N2O3S. The van der Waals surface area contributed by atoms with Crippen LogP contribution in [0.5, 0.6) is 5.75 Å². The van der Waals surface area contributed by atoms with Crippen molar-refractivity contribution in [2.45, 2.75) is 19.2 Å². The fourth-order valence-corrected chi connectivity index (χ4v) is 5.01. The van der Waals surface area contributed by atoms with Crippen molar-refractivity contribution in [2.75, 3.05) is 23.1 Å². The van der Waals surface area contributed by atoms with Crippen LogP contribution in [0.4, 0.5) is 11.4 Å². The predicted molar refractivity (Wildman–Crippen MR) is 126 cm³/mol. The molecule has 0 bridgehead atoms. The lowest BCUT2D eigenvalue weighted by Gasteiger charge is -2.25. The third-order valence-corrected chi connectivity index (χ3v) is 6.35. The van der Waals surface area contributed by atoms with Crippen LogP contribution in [0, 0.1) is 13.8 Å². The molecule has 5 nitrogen and oxygen atoms in total. The molecule has 4 rings (SSSR count). The number of para-hydroxylation sites is 1. The molecule has 3 aromatic carbocycles. The predicted octanol–water partition coefficient (Wildman–Crippen LogP) is 5.34. The van der Waals surface area contributed by atoms with E-state index in [9.17, 15) is 9.59 Å². The molecular weight excluding hydrogens is 408 g/mol. The zero-order valence-corrected chi connectivity index (χ0v) is 18.5. The number of carbonyl (C=O) groups is 2. The molecule has 0 aliphatic carbocycles. The maximum Gasteiger partial charge on any atom is 0.259 e. The van der Waals surface area contributed by atoms with Gasteiger partial charge in [-0.2, -0.15) is 0 Å². The van der Waals surface area contributed by atoms with Gasteiger partial charge in [-0.1, -0.05) is 30.3 Å². The van der Waals surface area contributed by atoms with Crippen LogP contribution in [0.3, 0.4) is 0 Å². The molecule has 1 unspecified atom stereocenters. The van der Waals surface area contributed by atoms with Crippen molar-refractivity contribution in [2.24, 2.45) is 0 Å².